The average molecular weight is 235 g/mol. The molecule has 0 spiro atoms. The molecule has 16 heavy (non-hydrogen) atoms. The number of nitrogens with two attached hydrogens (primary N) is 1. The Hall–Kier alpha value is -1.16. The van der Waals surface area contributed by atoms with Gasteiger partial charge in [-0.15, -0.1) is 12.6 Å². The quantitative estimate of drug-likeness (QED) is 0.433. The highest BCUT2D eigenvalue weighted by molar-refractivity contribution is 7.80. The molecule has 3 N–H and O–H groups in total. The van der Waals surface area contributed by atoms with Crippen molar-refractivity contribution in [2.75, 3.05) is 5.73 Å². The lowest BCUT2D eigenvalue weighted by molar-refractivity contribution is 0.718. The van der Waals surface area contributed by atoms with E-state index in [1.807, 2.05) is 6.07 Å². The highest BCUT2D eigenvalue weighted by atomic mass is 32.1. The molecule has 1 aromatic carbocycles. The summed E-state index contributed by atoms with van der Waals surface area (Å²) in [5.41, 5.74) is 9.94. The van der Waals surface area contributed by atoms with Crippen LogP contribution in [0.3, 0.4) is 0 Å². The topological polar surface area (TPSA) is 54.7 Å². The minimum atomic E-state index is 0.618. The van der Waals surface area contributed by atoms with E-state index in [1.54, 1.807) is 0 Å². The molecular weight excluding hydrogens is 218 g/mol. The molecule has 1 aromatic heterocycles. The fraction of sp³-hybridized carbons (Fsp3) is 0.417. The maximum atomic E-state index is 6.11. The summed E-state index contributed by atoms with van der Waals surface area (Å²) < 4.78 is 0. The van der Waals surface area contributed by atoms with Gasteiger partial charge in [-0.3, -0.25) is 0 Å². The number of aryl methyl sites for hydroxylation is 1. The van der Waals surface area contributed by atoms with Gasteiger partial charge < -0.3 is 10.7 Å². The first-order chi connectivity index (χ1) is 7.72. The standard InChI is InChI=1S/C12H17N3S/c1-2-3-4-5-8-6-7-9-11(10(8)13)15-12(16)14-9/h6-7H,2-5,13H2,1H3,(H2,14,15,16). The van der Waals surface area contributed by atoms with Gasteiger partial charge in [0, 0.05) is 0 Å². The van der Waals surface area contributed by atoms with Gasteiger partial charge in [0.1, 0.15) is 0 Å². The molecule has 0 saturated carbocycles. The number of H-pyrrole nitrogens is 1. The predicted octanol–water partition coefficient (Wildman–Crippen LogP) is 3.17. The van der Waals surface area contributed by atoms with Gasteiger partial charge in [-0.2, -0.15) is 0 Å². The first-order valence-corrected chi connectivity index (χ1v) is 6.13. The highest BCUT2D eigenvalue weighted by Crippen LogP contribution is 2.25. The molecule has 3 nitrogen and oxygen atoms in total. The van der Waals surface area contributed by atoms with E-state index in [-0.39, 0.29) is 0 Å². The predicted molar refractivity (Wildman–Crippen MR) is 71.0 cm³/mol. The molecule has 0 amide bonds. The number of rotatable bonds is 4. The first-order valence-electron chi connectivity index (χ1n) is 5.68. The zero-order valence-electron chi connectivity index (χ0n) is 9.45. The number of aromatic nitrogens is 2. The Balaban J connectivity index is 2.29. The number of hydrogen-bond acceptors (Lipinski definition) is 3. The second kappa shape index (κ2) is 4.78. The number of aromatic amines is 1. The summed E-state index contributed by atoms with van der Waals surface area (Å²) in [4.78, 5) is 7.33. The molecule has 0 fully saturated rings. The Labute approximate surface area is 101 Å². The van der Waals surface area contributed by atoms with Gasteiger partial charge in [-0.25, -0.2) is 4.98 Å². The first kappa shape index (κ1) is 11.3. The molecule has 0 aliphatic rings. The number of thiol groups is 1. The van der Waals surface area contributed by atoms with Gasteiger partial charge in [0.2, 0.25) is 0 Å². The molecule has 0 aliphatic carbocycles. The number of nitrogens with zero attached hydrogens (tertiary/aromatic N) is 1. The van der Waals surface area contributed by atoms with Crippen LogP contribution >= 0.6 is 12.6 Å². The van der Waals surface area contributed by atoms with Crippen molar-refractivity contribution in [2.24, 2.45) is 0 Å². The normalized spacial score (nSPS) is 11.1. The van der Waals surface area contributed by atoms with Gasteiger partial charge in [0.05, 0.1) is 16.7 Å². The summed E-state index contributed by atoms with van der Waals surface area (Å²) in [7, 11) is 0. The summed E-state index contributed by atoms with van der Waals surface area (Å²) >= 11 is 4.19. The van der Waals surface area contributed by atoms with Crippen molar-refractivity contribution >= 4 is 29.3 Å². The third-order valence-electron chi connectivity index (χ3n) is 2.83. The van der Waals surface area contributed by atoms with Gasteiger partial charge in [0.25, 0.3) is 0 Å². The second-order valence-corrected chi connectivity index (χ2v) is 4.47. The SMILES string of the molecule is CCCCCc1ccc2nc(S)[nH]c2c1N. The van der Waals surface area contributed by atoms with E-state index in [1.165, 1.54) is 24.8 Å². The van der Waals surface area contributed by atoms with E-state index >= 15 is 0 Å². The zero-order valence-corrected chi connectivity index (χ0v) is 10.3. The molecular formula is C12H17N3S. The van der Waals surface area contributed by atoms with E-state index in [0.29, 0.717) is 5.16 Å². The summed E-state index contributed by atoms with van der Waals surface area (Å²) in [6.45, 7) is 2.20. The van der Waals surface area contributed by atoms with Crippen molar-refractivity contribution < 1.29 is 0 Å². The highest BCUT2D eigenvalue weighted by Gasteiger charge is 2.07. The van der Waals surface area contributed by atoms with Crippen LogP contribution in [-0.2, 0) is 6.42 Å². The van der Waals surface area contributed by atoms with Crippen LogP contribution < -0.4 is 5.73 Å². The molecule has 0 unspecified atom stereocenters. The summed E-state index contributed by atoms with van der Waals surface area (Å²) in [6.07, 6.45) is 4.70. The van der Waals surface area contributed by atoms with Crippen molar-refractivity contribution in [2.45, 2.75) is 37.8 Å². The molecule has 86 valence electrons. The fourth-order valence-corrected chi connectivity index (χ4v) is 2.13. The third-order valence-corrected chi connectivity index (χ3v) is 3.04. The van der Waals surface area contributed by atoms with E-state index in [0.717, 1.165) is 23.1 Å². The van der Waals surface area contributed by atoms with Crippen molar-refractivity contribution in [1.29, 1.82) is 0 Å². The van der Waals surface area contributed by atoms with Gasteiger partial charge in [-0.05, 0) is 24.5 Å². The molecule has 1 heterocycles. The largest absolute Gasteiger partial charge is 0.397 e. The van der Waals surface area contributed by atoms with Crippen LogP contribution in [0.5, 0.6) is 0 Å². The van der Waals surface area contributed by atoms with Crippen molar-refractivity contribution in [3.05, 3.63) is 17.7 Å². The lowest BCUT2D eigenvalue weighted by Gasteiger charge is -2.05. The van der Waals surface area contributed by atoms with E-state index in [2.05, 4.69) is 35.6 Å². The molecule has 2 aromatic rings. The monoisotopic (exact) mass is 235 g/mol. The van der Waals surface area contributed by atoms with Gasteiger partial charge in [-0.1, -0.05) is 25.8 Å². The Morgan fingerprint density at radius 3 is 2.94 bits per heavy atom. The van der Waals surface area contributed by atoms with Crippen LogP contribution in [0, 0.1) is 0 Å². The van der Waals surface area contributed by atoms with Crippen molar-refractivity contribution in [1.82, 2.24) is 9.97 Å². The summed E-state index contributed by atoms with van der Waals surface area (Å²) in [5, 5.41) is 0.618. The number of unbranched alkanes of at least 4 members (excludes halogenated alkanes) is 2. The molecule has 2 rings (SSSR count). The minimum Gasteiger partial charge on any atom is -0.397 e. The average Bonchev–Trinajstić information content (AvgIpc) is 2.64. The number of hydrogen-bond donors (Lipinski definition) is 3. The molecule has 0 atom stereocenters. The number of fused-ring (bicyclic) bond motifs is 1. The minimum absolute atomic E-state index is 0.618. The number of nitrogens with one attached hydrogen (secondary N) is 1. The summed E-state index contributed by atoms with van der Waals surface area (Å²) in [5.74, 6) is 0. The van der Waals surface area contributed by atoms with Gasteiger partial charge >= 0.3 is 0 Å². The number of nitrogen functional groups attached to an aromatic ring is 1. The number of anilines is 1. The van der Waals surface area contributed by atoms with E-state index in [9.17, 15) is 0 Å². The Kier molecular flexibility index (Phi) is 3.39. The third kappa shape index (κ3) is 2.16. The Bertz CT molecular complexity index is 490. The van der Waals surface area contributed by atoms with Crippen LogP contribution in [0.25, 0.3) is 11.0 Å². The van der Waals surface area contributed by atoms with Crippen LogP contribution in [0.1, 0.15) is 31.7 Å². The molecule has 4 heteroatoms. The molecule has 0 aliphatic heterocycles. The van der Waals surface area contributed by atoms with E-state index in [4.69, 9.17) is 5.73 Å². The number of benzene rings is 1. The Morgan fingerprint density at radius 2 is 2.19 bits per heavy atom. The summed E-state index contributed by atoms with van der Waals surface area (Å²) in [6, 6.07) is 4.07. The van der Waals surface area contributed by atoms with Crippen molar-refractivity contribution in [3.8, 4) is 0 Å². The molecule has 0 bridgehead atoms. The number of imidazole rings is 1. The van der Waals surface area contributed by atoms with Gasteiger partial charge in [0.15, 0.2) is 5.16 Å². The van der Waals surface area contributed by atoms with Crippen LogP contribution in [0.4, 0.5) is 5.69 Å². The Morgan fingerprint density at radius 1 is 1.38 bits per heavy atom. The van der Waals surface area contributed by atoms with E-state index < -0.39 is 0 Å². The lowest BCUT2D eigenvalue weighted by atomic mass is 10.0. The fourth-order valence-electron chi connectivity index (χ4n) is 1.91. The van der Waals surface area contributed by atoms with Crippen LogP contribution in [0.15, 0.2) is 17.3 Å². The van der Waals surface area contributed by atoms with Crippen molar-refractivity contribution in [3.63, 3.8) is 0 Å². The molecule has 0 saturated heterocycles. The lowest BCUT2D eigenvalue weighted by Crippen LogP contribution is -1.95. The maximum Gasteiger partial charge on any atom is 0.163 e. The van der Waals surface area contributed by atoms with Crippen LogP contribution in [-0.4, -0.2) is 9.97 Å². The maximum absolute atomic E-state index is 6.11. The smallest absolute Gasteiger partial charge is 0.163 e. The molecule has 0 radical (unpaired) electrons. The zero-order chi connectivity index (χ0) is 11.5. The second-order valence-electron chi connectivity index (χ2n) is 4.05. The van der Waals surface area contributed by atoms with Crippen LogP contribution in [0.2, 0.25) is 0 Å².